The second-order valence-electron chi connectivity index (χ2n) is 4.44. The number of rotatable bonds is 6. The molecule has 0 saturated carbocycles. The summed E-state index contributed by atoms with van der Waals surface area (Å²) in [5.41, 5.74) is 1.54. The summed E-state index contributed by atoms with van der Waals surface area (Å²) in [6, 6.07) is 11.0. The largest absolute Gasteiger partial charge is 0.490 e. The molecule has 0 aliphatic rings. The molecule has 0 fully saturated rings. The van der Waals surface area contributed by atoms with Crippen molar-refractivity contribution in [2.24, 2.45) is 0 Å². The smallest absolute Gasteiger partial charge is 0.153 e. The van der Waals surface area contributed by atoms with Crippen LogP contribution < -0.4 is 9.47 Å². The molecule has 0 aliphatic heterocycles. The van der Waals surface area contributed by atoms with Crippen LogP contribution in [0.3, 0.4) is 0 Å². The molecule has 0 N–H and O–H groups in total. The van der Waals surface area contributed by atoms with E-state index in [1.165, 1.54) is 0 Å². The SMILES string of the molecule is Cc1cccc(OCCOc2c(Br)cc(Cl)cc2C=O)c1. The summed E-state index contributed by atoms with van der Waals surface area (Å²) in [5, 5.41) is 0.479. The topological polar surface area (TPSA) is 35.5 Å². The Morgan fingerprint density at radius 1 is 1.19 bits per heavy atom. The van der Waals surface area contributed by atoms with Crippen LogP contribution in [0.1, 0.15) is 15.9 Å². The zero-order chi connectivity index (χ0) is 15.2. The summed E-state index contributed by atoms with van der Waals surface area (Å²) >= 11 is 9.22. The van der Waals surface area contributed by atoms with Gasteiger partial charge in [-0.2, -0.15) is 0 Å². The van der Waals surface area contributed by atoms with Gasteiger partial charge in [0.1, 0.15) is 24.7 Å². The standard InChI is InChI=1S/C16H14BrClO3/c1-11-3-2-4-14(7-11)20-5-6-21-16-12(10-19)8-13(18)9-15(16)17/h2-4,7-10H,5-6H2,1H3. The van der Waals surface area contributed by atoms with E-state index in [1.54, 1.807) is 12.1 Å². The minimum absolute atomic E-state index is 0.328. The van der Waals surface area contributed by atoms with Crippen molar-refractivity contribution in [2.45, 2.75) is 6.92 Å². The number of hydrogen-bond donors (Lipinski definition) is 0. The molecule has 5 heteroatoms. The Labute approximate surface area is 137 Å². The highest BCUT2D eigenvalue weighted by molar-refractivity contribution is 9.10. The summed E-state index contributed by atoms with van der Waals surface area (Å²) < 4.78 is 11.8. The van der Waals surface area contributed by atoms with Gasteiger partial charge in [0.2, 0.25) is 0 Å². The average molecular weight is 370 g/mol. The molecular formula is C16H14BrClO3. The third-order valence-electron chi connectivity index (χ3n) is 2.75. The molecule has 0 aromatic heterocycles. The van der Waals surface area contributed by atoms with E-state index in [0.717, 1.165) is 11.3 Å². The molecule has 2 aromatic carbocycles. The minimum Gasteiger partial charge on any atom is -0.490 e. The third kappa shape index (κ3) is 4.48. The quantitative estimate of drug-likeness (QED) is 0.548. The van der Waals surface area contributed by atoms with Crippen molar-refractivity contribution in [1.29, 1.82) is 0 Å². The molecule has 0 heterocycles. The number of ether oxygens (including phenoxy) is 2. The molecule has 0 unspecified atom stereocenters. The number of benzene rings is 2. The van der Waals surface area contributed by atoms with Gasteiger partial charge >= 0.3 is 0 Å². The molecule has 0 bridgehead atoms. The zero-order valence-electron chi connectivity index (χ0n) is 11.4. The van der Waals surface area contributed by atoms with Crippen LogP contribution >= 0.6 is 27.5 Å². The van der Waals surface area contributed by atoms with E-state index in [2.05, 4.69) is 15.9 Å². The van der Waals surface area contributed by atoms with Crippen LogP contribution in [0.25, 0.3) is 0 Å². The van der Waals surface area contributed by atoms with Gasteiger partial charge in [-0.1, -0.05) is 23.7 Å². The molecule has 0 spiro atoms. The molecule has 2 rings (SSSR count). The Balaban J connectivity index is 1.93. The number of aryl methyl sites for hydroxylation is 1. The summed E-state index contributed by atoms with van der Waals surface area (Å²) in [6.45, 7) is 2.72. The van der Waals surface area contributed by atoms with Crippen molar-refractivity contribution in [2.75, 3.05) is 13.2 Å². The van der Waals surface area contributed by atoms with Crippen molar-refractivity contribution >= 4 is 33.8 Å². The summed E-state index contributed by atoms with van der Waals surface area (Å²) in [4.78, 5) is 11.0. The Bertz CT molecular complexity index is 643. The lowest BCUT2D eigenvalue weighted by molar-refractivity contribution is 0.111. The first-order valence-corrected chi connectivity index (χ1v) is 7.53. The van der Waals surface area contributed by atoms with Crippen molar-refractivity contribution in [3.63, 3.8) is 0 Å². The second kappa shape index (κ2) is 7.48. The third-order valence-corrected chi connectivity index (χ3v) is 3.56. The van der Waals surface area contributed by atoms with E-state index < -0.39 is 0 Å². The molecule has 0 saturated heterocycles. The lowest BCUT2D eigenvalue weighted by atomic mass is 10.2. The number of carbonyl (C=O) groups excluding carboxylic acids is 1. The zero-order valence-corrected chi connectivity index (χ0v) is 13.8. The first-order chi connectivity index (χ1) is 10.1. The van der Waals surface area contributed by atoms with E-state index in [9.17, 15) is 4.79 Å². The number of halogens is 2. The average Bonchev–Trinajstić information content (AvgIpc) is 2.44. The fraction of sp³-hybridized carbons (Fsp3) is 0.188. The Hall–Kier alpha value is -1.52. The van der Waals surface area contributed by atoms with Gasteiger partial charge < -0.3 is 9.47 Å². The Kier molecular flexibility index (Phi) is 5.65. The van der Waals surface area contributed by atoms with Crippen LogP contribution in [0, 0.1) is 6.92 Å². The normalized spacial score (nSPS) is 10.2. The fourth-order valence-corrected chi connectivity index (χ4v) is 2.78. The van der Waals surface area contributed by atoms with Gasteiger partial charge in [0.05, 0.1) is 10.0 Å². The summed E-state index contributed by atoms with van der Waals surface area (Å²) in [7, 11) is 0. The predicted molar refractivity (Wildman–Crippen MR) is 86.7 cm³/mol. The van der Waals surface area contributed by atoms with Crippen LogP contribution in [-0.4, -0.2) is 19.5 Å². The van der Waals surface area contributed by atoms with Crippen LogP contribution in [-0.2, 0) is 0 Å². The molecule has 3 nitrogen and oxygen atoms in total. The monoisotopic (exact) mass is 368 g/mol. The molecular weight excluding hydrogens is 356 g/mol. The maximum atomic E-state index is 11.0. The number of carbonyl (C=O) groups is 1. The fourth-order valence-electron chi connectivity index (χ4n) is 1.83. The minimum atomic E-state index is 0.328. The van der Waals surface area contributed by atoms with Gasteiger partial charge in [0.15, 0.2) is 6.29 Å². The molecule has 110 valence electrons. The number of hydrogen-bond acceptors (Lipinski definition) is 3. The van der Waals surface area contributed by atoms with Crippen molar-refractivity contribution in [1.82, 2.24) is 0 Å². The van der Waals surface area contributed by atoms with Gasteiger partial charge in [-0.05, 0) is 52.7 Å². The highest BCUT2D eigenvalue weighted by Gasteiger charge is 2.09. The van der Waals surface area contributed by atoms with Crippen LogP contribution in [0.4, 0.5) is 0 Å². The summed E-state index contributed by atoms with van der Waals surface area (Å²) in [6.07, 6.45) is 0.716. The molecule has 0 aliphatic carbocycles. The molecule has 0 radical (unpaired) electrons. The Morgan fingerprint density at radius 2 is 1.95 bits per heavy atom. The van der Waals surface area contributed by atoms with Crippen LogP contribution in [0.2, 0.25) is 5.02 Å². The van der Waals surface area contributed by atoms with Crippen molar-refractivity contribution in [3.05, 3.63) is 57.0 Å². The van der Waals surface area contributed by atoms with Gasteiger partial charge in [0, 0.05) is 5.02 Å². The first kappa shape index (κ1) is 15.9. The lowest BCUT2D eigenvalue weighted by Crippen LogP contribution is -2.10. The van der Waals surface area contributed by atoms with E-state index in [4.69, 9.17) is 21.1 Å². The van der Waals surface area contributed by atoms with E-state index in [1.807, 2.05) is 31.2 Å². The number of aldehydes is 1. The van der Waals surface area contributed by atoms with E-state index in [0.29, 0.717) is 40.3 Å². The van der Waals surface area contributed by atoms with E-state index in [-0.39, 0.29) is 0 Å². The lowest BCUT2D eigenvalue weighted by Gasteiger charge is -2.12. The van der Waals surface area contributed by atoms with Gasteiger partial charge in [-0.3, -0.25) is 4.79 Å². The van der Waals surface area contributed by atoms with Crippen molar-refractivity contribution in [3.8, 4) is 11.5 Å². The second-order valence-corrected chi connectivity index (χ2v) is 5.73. The van der Waals surface area contributed by atoms with Crippen LogP contribution in [0.15, 0.2) is 40.9 Å². The summed E-state index contributed by atoms with van der Waals surface area (Å²) in [5.74, 6) is 1.27. The predicted octanol–water partition coefficient (Wildman–Crippen LogP) is 4.68. The van der Waals surface area contributed by atoms with Gasteiger partial charge in [-0.15, -0.1) is 0 Å². The molecule has 21 heavy (non-hydrogen) atoms. The van der Waals surface area contributed by atoms with Gasteiger partial charge in [-0.25, -0.2) is 0 Å². The molecule has 0 amide bonds. The first-order valence-electron chi connectivity index (χ1n) is 6.36. The van der Waals surface area contributed by atoms with Gasteiger partial charge in [0.25, 0.3) is 0 Å². The highest BCUT2D eigenvalue weighted by atomic mass is 79.9. The maximum Gasteiger partial charge on any atom is 0.153 e. The van der Waals surface area contributed by atoms with E-state index >= 15 is 0 Å². The highest BCUT2D eigenvalue weighted by Crippen LogP contribution is 2.31. The molecule has 2 aromatic rings. The maximum absolute atomic E-state index is 11.0. The van der Waals surface area contributed by atoms with Crippen molar-refractivity contribution < 1.29 is 14.3 Å². The Morgan fingerprint density at radius 3 is 2.67 bits per heavy atom. The molecule has 0 atom stereocenters. The van der Waals surface area contributed by atoms with Crippen LogP contribution in [0.5, 0.6) is 11.5 Å².